The first kappa shape index (κ1) is 38.7. The van der Waals surface area contributed by atoms with Gasteiger partial charge in [-0.05, 0) is 55.6 Å². The normalized spacial score (nSPS) is 17.2. The fraction of sp³-hybridized carbons (Fsp3) is 0.444. The molecule has 2 fully saturated rings. The average Bonchev–Trinajstić information content (AvgIpc) is 3.10. The second-order valence-corrected chi connectivity index (χ2v) is 22.1. The summed E-state index contributed by atoms with van der Waals surface area (Å²) in [5, 5.41) is 4.89. The maximum absolute atomic E-state index is 14.7. The van der Waals surface area contributed by atoms with Crippen molar-refractivity contribution in [3.8, 4) is 0 Å². The summed E-state index contributed by atoms with van der Waals surface area (Å²) in [6.07, 6.45) is 6.53. The highest BCUT2D eigenvalue weighted by Gasteiger charge is 2.48. The molecule has 4 aromatic rings. The molecule has 17 heteroatoms. The number of benzene rings is 2. The molecule has 1 saturated carbocycles. The first-order valence-corrected chi connectivity index (χ1v) is 22.6. The quantitative estimate of drug-likeness (QED) is 0.0509. The summed E-state index contributed by atoms with van der Waals surface area (Å²) >= 11 is 0. The lowest BCUT2D eigenvalue weighted by Gasteiger charge is -2.41. The predicted molar refractivity (Wildman–Crippen MR) is 190 cm³/mol. The van der Waals surface area contributed by atoms with Crippen LogP contribution in [0.5, 0.6) is 0 Å². The topological polar surface area (TPSA) is 115 Å². The van der Waals surface area contributed by atoms with Gasteiger partial charge in [-0.2, -0.15) is 9.40 Å². The highest BCUT2D eigenvalue weighted by atomic mass is 32.2. The number of anilines is 1. The van der Waals surface area contributed by atoms with Crippen LogP contribution < -0.4 is 10.5 Å². The number of nitrogens with zero attached hydrogens (tertiary/aromatic N) is 5. The van der Waals surface area contributed by atoms with Crippen LogP contribution >= 0.6 is 0 Å². The monoisotopic (exact) mass is 777 g/mol. The van der Waals surface area contributed by atoms with E-state index >= 15 is 0 Å². The van der Waals surface area contributed by atoms with Gasteiger partial charge < -0.3 is 9.64 Å². The van der Waals surface area contributed by atoms with Crippen LogP contribution in [-0.4, -0.2) is 60.7 Å². The molecule has 1 aliphatic heterocycles. The van der Waals surface area contributed by atoms with E-state index in [0.29, 0.717) is 22.0 Å². The highest BCUT2D eigenvalue weighted by molar-refractivity contribution is 7.89. The van der Waals surface area contributed by atoms with Crippen molar-refractivity contribution in [3.63, 3.8) is 0 Å². The molecule has 3 heterocycles. The van der Waals surface area contributed by atoms with Crippen molar-refractivity contribution in [1.29, 1.82) is 0 Å². The number of ether oxygens (including phenoxy) is 1. The van der Waals surface area contributed by atoms with Crippen molar-refractivity contribution in [2.24, 2.45) is 0 Å². The molecule has 2 aromatic carbocycles. The predicted octanol–water partition coefficient (Wildman–Crippen LogP) is 6.84. The van der Waals surface area contributed by atoms with Crippen LogP contribution in [0, 0.1) is 29.1 Å². The Bertz CT molecular complexity index is 2180. The van der Waals surface area contributed by atoms with Gasteiger partial charge in [-0.3, -0.25) is 14.6 Å². The number of aromatic nitrogens is 3. The SMILES string of the molecule is C[Si](C)(C)CCOCn1ncc2cc(N(Cc3cccc(C4CCCCC4)n3)C(=O)[C@H]3CCN3S(=O)(=O)c3c(F)c(F)c(F)c(F)c3F)ccc2c1=O. The molecule has 284 valence electrons. The molecular weight excluding hydrogens is 738 g/mol. The summed E-state index contributed by atoms with van der Waals surface area (Å²) in [6.45, 7) is 6.48. The van der Waals surface area contributed by atoms with Crippen LogP contribution in [0.2, 0.25) is 25.7 Å². The van der Waals surface area contributed by atoms with Crippen molar-refractivity contribution < 1.29 is 39.9 Å². The van der Waals surface area contributed by atoms with E-state index in [1.54, 1.807) is 6.07 Å². The van der Waals surface area contributed by atoms with Crippen molar-refractivity contribution in [2.75, 3.05) is 18.1 Å². The van der Waals surface area contributed by atoms with Gasteiger partial charge in [-0.15, -0.1) is 0 Å². The van der Waals surface area contributed by atoms with Crippen molar-refractivity contribution >= 4 is 40.5 Å². The Morgan fingerprint density at radius 3 is 2.26 bits per heavy atom. The van der Waals surface area contributed by atoms with E-state index in [1.807, 2.05) is 12.1 Å². The van der Waals surface area contributed by atoms with E-state index in [0.717, 1.165) is 43.8 Å². The van der Waals surface area contributed by atoms with Gasteiger partial charge in [0.25, 0.3) is 5.56 Å². The van der Waals surface area contributed by atoms with Crippen LogP contribution in [0.4, 0.5) is 27.6 Å². The summed E-state index contributed by atoms with van der Waals surface area (Å²) in [4.78, 5) is 31.7. The Labute approximate surface area is 304 Å². The van der Waals surface area contributed by atoms with Crippen molar-refractivity contribution in [2.45, 2.75) is 94.3 Å². The number of halogens is 5. The lowest BCUT2D eigenvalue weighted by molar-refractivity contribution is -0.125. The van der Waals surface area contributed by atoms with Gasteiger partial charge in [-0.25, -0.2) is 35.1 Å². The third kappa shape index (κ3) is 7.93. The maximum atomic E-state index is 14.7. The van der Waals surface area contributed by atoms with E-state index in [-0.39, 0.29) is 36.7 Å². The zero-order chi connectivity index (χ0) is 38.2. The van der Waals surface area contributed by atoms with E-state index in [4.69, 9.17) is 9.72 Å². The molecule has 0 unspecified atom stereocenters. The van der Waals surface area contributed by atoms with Gasteiger partial charge in [0, 0.05) is 43.9 Å². The minimum absolute atomic E-state index is 0.0519. The molecule has 53 heavy (non-hydrogen) atoms. The van der Waals surface area contributed by atoms with Crippen LogP contribution in [0.25, 0.3) is 10.8 Å². The Hall–Kier alpha value is -4.06. The Balaban J connectivity index is 1.34. The standard InChI is InChI=1S/C36H40F5N5O5SSi/c1-53(2,3)17-16-51-21-45-35(47)26-13-12-25(18-23(26)19-42-45)44(20-24-10-7-11-27(43-24)22-8-5-4-6-9-22)36(48)28-14-15-46(28)52(49,50)34-32(40)30(38)29(37)31(39)33(34)41/h7,10-13,18-19,22,28H,4-6,8-9,14-17,20-21H2,1-3H3/t28-/m1/s1. The lowest BCUT2D eigenvalue weighted by Crippen LogP contribution is -2.59. The number of rotatable bonds is 12. The minimum atomic E-state index is -5.38. The Morgan fingerprint density at radius 1 is 0.943 bits per heavy atom. The summed E-state index contributed by atoms with van der Waals surface area (Å²) in [5.41, 5.74) is 1.13. The molecule has 0 spiro atoms. The minimum Gasteiger partial charge on any atom is -0.359 e. The maximum Gasteiger partial charge on any atom is 0.276 e. The fourth-order valence-corrected chi connectivity index (χ4v) is 9.14. The lowest BCUT2D eigenvalue weighted by atomic mass is 9.86. The van der Waals surface area contributed by atoms with Crippen LogP contribution in [0.1, 0.15) is 55.8 Å². The molecule has 2 aromatic heterocycles. The number of hydrogen-bond acceptors (Lipinski definition) is 7. The molecule has 6 rings (SSSR count). The van der Waals surface area contributed by atoms with E-state index in [9.17, 15) is 40.0 Å². The van der Waals surface area contributed by atoms with Crippen molar-refractivity contribution in [1.82, 2.24) is 19.1 Å². The molecule has 1 atom stereocenters. The third-order valence-electron chi connectivity index (χ3n) is 9.79. The number of fused-ring (bicyclic) bond motifs is 1. The molecular formula is C36H40F5N5O5SSi. The van der Waals surface area contributed by atoms with E-state index in [2.05, 4.69) is 24.7 Å². The number of carbonyl (C=O) groups excluding carboxylic acids is 1. The summed E-state index contributed by atoms with van der Waals surface area (Å²) in [6, 6.07) is 9.33. The molecule has 10 nitrogen and oxygen atoms in total. The summed E-state index contributed by atoms with van der Waals surface area (Å²) < 4.78 is 106. The van der Waals surface area contributed by atoms with Gasteiger partial charge in [0.05, 0.1) is 23.8 Å². The van der Waals surface area contributed by atoms with Gasteiger partial charge in [0.15, 0.2) is 28.2 Å². The molecule has 2 aliphatic rings. The zero-order valence-electron chi connectivity index (χ0n) is 29.5. The fourth-order valence-electron chi connectivity index (χ4n) is 6.64. The Morgan fingerprint density at radius 2 is 1.62 bits per heavy atom. The van der Waals surface area contributed by atoms with Gasteiger partial charge in [0.2, 0.25) is 21.7 Å². The molecule has 0 N–H and O–H groups in total. The number of hydrogen-bond donors (Lipinski definition) is 0. The van der Waals surface area contributed by atoms with Gasteiger partial charge >= 0.3 is 0 Å². The molecule has 0 bridgehead atoms. The second kappa shape index (κ2) is 15.4. The summed E-state index contributed by atoms with van der Waals surface area (Å²) in [7, 11) is -6.74. The average molecular weight is 778 g/mol. The molecule has 1 amide bonds. The van der Waals surface area contributed by atoms with E-state index < -0.39 is 76.1 Å². The highest BCUT2D eigenvalue weighted by Crippen LogP contribution is 2.36. The third-order valence-corrected chi connectivity index (χ3v) is 13.4. The smallest absolute Gasteiger partial charge is 0.276 e. The van der Waals surface area contributed by atoms with Crippen LogP contribution in [0.15, 0.2) is 52.3 Å². The number of carbonyl (C=O) groups is 1. The van der Waals surface area contributed by atoms with Crippen LogP contribution in [-0.2, 0) is 32.8 Å². The number of amides is 1. The zero-order valence-corrected chi connectivity index (χ0v) is 31.4. The Kier molecular flexibility index (Phi) is 11.2. The van der Waals surface area contributed by atoms with Crippen molar-refractivity contribution in [3.05, 3.63) is 93.4 Å². The van der Waals surface area contributed by atoms with Gasteiger partial charge in [0.1, 0.15) is 12.8 Å². The van der Waals surface area contributed by atoms with Crippen LogP contribution in [0.3, 0.4) is 0 Å². The molecule has 1 saturated heterocycles. The van der Waals surface area contributed by atoms with E-state index in [1.165, 1.54) is 34.0 Å². The molecule has 0 radical (unpaired) electrons. The largest absolute Gasteiger partial charge is 0.359 e. The number of pyridine rings is 1. The number of sulfonamides is 1. The first-order chi connectivity index (χ1) is 25.1. The summed E-state index contributed by atoms with van der Waals surface area (Å²) in [5.74, 6) is -13.0. The second-order valence-electron chi connectivity index (χ2n) is 14.7. The van der Waals surface area contributed by atoms with Gasteiger partial charge in [-0.1, -0.05) is 45.0 Å². The molecule has 1 aliphatic carbocycles. The first-order valence-electron chi connectivity index (χ1n) is 17.5.